The highest BCUT2D eigenvalue weighted by molar-refractivity contribution is 5.97. The number of nitrogens with two attached hydrogens (primary N) is 1. The van der Waals surface area contributed by atoms with Crippen LogP contribution in [0.1, 0.15) is 43.0 Å². The van der Waals surface area contributed by atoms with Gasteiger partial charge >= 0.3 is 0 Å². The van der Waals surface area contributed by atoms with Crippen molar-refractivity contribution in [1.29, 1.82) is 0 Å². The molecule has 0 atom stereocenters. The lowest BCUT2D eigenvalue weighted by Crippen LogP contribution is -2.22. The van der Waals surface area contributed by atoms with Gasteiger partial charge in [-0.25, -0.2) is 0 Å². The summed E-state index contributed by atoms with van der Waals surface area (Å²) in [5.74, 6) is -0.165. The summed E-state index contributed by atoms with van der Waals surface area (Å²) in [5.41, 5.74) is 6.60. The summed E-state index contributed by atoms with van der Waals surface area (Å²) in [5, 5.41) is 5.53. The van der Waals surface area contributed by atoms with Crippen LogP contribution in [0.2, 0.25) is 0 Å². The van der Waals surface area contributed by atoms with Crippen LogP contribution in [-0.2, 0) is 4.79 Å². The first kappa shape index (κ1) is 16.2. The van der Waals surface area contributed by atoms with Crippen LogP contribution in [0, 0.1) is 0 Å². The molecular formula is C15H23N3O2. The van der Waals surface area contributed by atoms with E-state index in [0.29, 0.717) is 30.8 Å². The maximum Gasteiger partial charge on any atom is 0.251 e. The fourth-order valence-electron chi connectivity index (χ4n) is 1.83. The van der Waals surface area contributed by atoms with Crippen molar-refractivity contribution < 1.29 is 9.59 Å². The molecule has 1 aromatic carbocycles. The summed E-state index contributed by atoms with van der Waals surface area (Å²) < 4.78 is 0. The Labute approximate surface area is 119 Å². The lowest BCUT2D eigenvalue weighted by Gasteiger charge is -2.07. The zero-order chi connectivity index (χ0) is 14.8. The maximum absolute atomic E-state index is 11.7. The Balaban J connectivity index is 2.49. The Bertz CT molecular complexity index is 446. The lowest BCUT2D eigenvalue weighted by atomic mass is 10.1. The van der Waals surface area contributed by atoms with E-state index in [1.807, 2.05) is 6.92 Å². The third-order valence-corrected chi connectivity index (χ3v) is 2.85. The van der Waals surface area contributed by atoms with Crippen LogP contribution < -0.4 is 16.4 Å². The summed E-state index contributed by atoms with van der Waals surface area (Å²) >= 11 is 0. The van der Waals surface area contributed by atoms with E-state index < -0.39 is 0 Å². The van der Waals surface area contributed by atoms with E-state index in [0.717, 1.165) is 19.3 Å². The predicted octanol–water partition coefficient (Wildman–Crippen LogP) is 1.89. The van der Waals surface area contributed by atoms with Crippen molar-refractivity contribution in [3.8, 4) is 0 Å². The molecule has 2 amide bonds. The minimum absolute atomic E-state index is 0.0323. The fourth-order valence-corrected chi connectivity index (χ4v) is 1.83. The molecule has 20 heavy (non-hydrogen) atoms. The number of anilines is 1. The molecule has 0 radical (unpaired) electrons. The van der Waals surface area contributed by atoms with Crippen LogP contribution in [0.3, 0.4) is 0 Å². The number of unbranched alkanes of at least 4 members (excludes halogenated alkanes) is 2. The minimum Gasteiger partial charge on any atom is -0.352 e. The van der Waals surface area contributed by atoms with Gasteiger partial charge in [-0.3, -0.25) is 9.59 Å². The molecule has 0 bridgehead atoms. The number of hydrogen-bond acceptors (Lipinski definition) is 3. The van der Waals surface area contributed by atoms with Crippen LogP contribution in [-0.4, -0.2) is 24.9 Å². The molecule has 0 aliphatic rings. The Morgan fingerprint density at radius 2 is 2.00 bits per heavy atom. The summed E-state index contributed by atoms with van der Waals surface area (Å²) in [6.45, 7) is 3.11. The van der Waals surface area contributed by atoms with Crippen molar-refractivity contribution in [2.24, 2.45) is 5.73 Å². The normalized spacial score (nSPS) is 10.1. The minimum atomic E-state index is -0.133. The molecule has 0 fully saturated rings. The van der Waals surface area contributed by atoms with Crippen molar-refractivity contribution in [3.05, 3.63) is 29.8 Å². The molecule has 110 valence electrons. The molecule has 0 spiro atoms. The third kappa shape index (κ3) is 5.84. The first-order chi connectivity index (χ1) is 9.67. The molecule has 0 aliphatic heterocycles. The van der Waals surface area contributed by atoms with Crippen LogP contribution in [0.15, 0.2) is 24.3 Å². The Kier molecular flexibility index (Phi) is 7.35. The third-order valence-electron chi connectivity index (χ3n) is 2.85. The van der Waals surface area contributed by atoms with Crippen molar-refractivity contribution in [2.75, 3.05) is 18.4 Å². The first-order valence-corrected chi connectivity index (χ1v) is 7.05. The maximum atomic E-state index is 11.7. The molecule has 0 aliphatic carbocycles. The Morgan fingerprint density at radius 3 is 2.70 bits per heavy atom. The van der Waals surface area contributed by atoms with Crippen molar-refractivity contribution in [2.45, 2.75) is 32.6 Å². The monoisotopic (exact) mass is 277 g/mol. The van der Waals surface area contributed by atoms with Gasteiger partial charge in [0.15, 0.2) is 0 Å². The molecule has 0 saturated carbocycles. The predicted molar refractivity (Wildman–Crippen MR) is 80.6 cm³/mol. The van der Waals surface area contributed by atoms with E-state index in [1.54, 1.807) is 24.3 Å². The summed E-state index contributed by atoms with van der Waals surface area (Å²) in [7, 11) is 0. The molecule has 0 aromatic heterocycles. The van der Waals surface area contributed by atoms with Crippen molar-refractivity contribution in [1.82, 2.24) is 5.32 Å². The number of carbonyl (C=O) groups excluding carboxylic acids is 2. The number of carbonyl (C=O) groups is 2. The molecular weight excluding hydrogens is 254 g/mol. The number of hydrogen-bond donors (Lipinski definition) is 3. The number of rotatable bonds is 8. The lowest BCUT2D eigenvalue weighted by molar-refractivity contribution is -0.116. The van der Waals surface area contributed by atoms with Gasteiger partial charge in [0, 0.05) is 24.2 Å². The van der Waals surface area contributed by atoms with Gasteiger partial charge in [0.2, 0.25) is 5.91 Å². The zero-order valence-electron chi connectivity index (χ0n) is 11.9. The largest absolute Gasteiger partial charge is 0.352 e. The molecule has 0 heterocycles. The molecule has 4 N–H and O–H groups in total. The average molecular weight is 277 g/mol. The summed E-state index contributed by atoms with van der Waals surface area (Å²) in [4.78, 5) is 23.4. The van der Waals surface area contributed by atoms with Crippen LogP contribution in [0.4, 0.5) is 5.69 Å². The fraction of sp³-hybridized carbons (Fsp3) is 0.467. The highest BCUT2D eigenvalue weighted by atomic mass is 16.2. The Hall–Kier alpha value is -1.88. The summed E-state index contributed by atoms with van der Waals surface area (Å²) in [6.07, 6.45) is 3.22. The SMILES string of the molecule is CCNC(=O)c1cccc(NC(=O)CCCCCN)c1. The zero-order valence-corrected chi connectivity index (χ0v) is 11.9. The second-order valence-corrected chi connectivity index (χ2v) is 4.59. The second kappa shape index (κ2) is 9.09. The van der Waals surface area contributed by atoms with Crippen molar-refractivity contribution >= 4 is 17.5 Å². The van der Waals surface area contributed by atoms with Gasteiger partial charge in [-0.1, -0.05) is 12.5 Å². The van der Waals surface area contributed by atoms with Gasteiger partial charge in [0.05, 0.1) is 0 Å². The molecule has 5 nitrogen and oxygen atoms in total. The average Bonchev–Trinajstić information content (AvgIpc) is 2.44. The van der Waals surface area contributed by atoms with E-state index in [4.69, 9.17) is 5.73 Å². The standard InChI is InChI=1S/C15H23N3O2/c1-2-17-15(20)12-7-6-8-13(11-12)18-14(19)9-4-3-5-10-16/h6-8,11H,2-5,9-10,16H2,1H3,(H,17,20)(H,18,19). The van der Waals surface area contributed by atoms with Crippen molar-refractivity contribution in [3.63, 3.8) is 0 Å². The van der Waals surface area contributed by atoms with E-state index in [2.05, 4.69) is 10.6 Å². The van der Waals surface area contributed by atoms with Crippen LogP contribution in [0.25, 0.3) is 0 Å². The van der Waals surface area contributed by atoms with Crippen LogP contribution >= 0.6 is 0 Å². The van der Waals surface area contributed by atoms with Gasteiger partial charge in [-0.05, 0) is 44.5 Å². The van der Waals surface area contributed by atoms with Gasteiger partial charge in [-0.15, -0.1) is 0 Å². The molecule has 0 unspecified atom stereocenters. The van der Waals surface area contributed by atoms with Crippen LogP contribution in [0.5, 0.6) is 0 Å². The molecule has 1 aromatic rings. The van der Waals surface area contributed by atoms with Gasteiger partial charge in [-0.2, -0.15) is 0 Å². The highest BCUT2D eigenvalue weighted by Gasteiger charge is 2.06. The second-order valence-electron chi connectivity index (χ2n) is 4.59. The quantitative estimate of drug-likeness (QED) is 0.634. The van der Waals surface area contributed by atoms with E-state index in [9.17, 15) is 9.59 Å². The first-order valence-electron chi connectivity index (χ1n) is 7.05. The molecule has 5 heteroatoms. The van der Waals surface area contributed by atoms with E-state index >= 15 is 0 Å². The highest BCUT2D eigenvalue weighted by Crippen LogP contribution is 2.11. The Morgan fingerprint density at radius 1 is 1.20 bits per heavy atom. The van der Waals surface area contributed by atoms with E-state index in [1.165, 1.54) is 0 Å². The molecule has 1 rings (SSSR count). The topological polar surface area (TPSA) is 84.2 Å². The van der Waals surface area contributed by atoms with Gasteiger partial charge in [0.1, 0.15) is 0 Å². The smallest absolute Gasteiger partial charge is 0.251 e. The van der Waals surface area contributed by atoms with E-state index in [-0.39, 0.29) is 11.8 Å². The number of nitrogens with one attached hydrogen (secondary N) is 2. The molecule has 0 saturated heterocycles. The number of amides is 2. The number of benzene rings is 1. The summed E-state index contributed by atoms with van der Waals surface area (Å²) in [6, 6.07) is 6.94. The van der Waals surface area contributed by atoms with Gasteiger partial charge < -0.3 is 16.4 Å². The van der Waals surface area contributed by atoms with Gasteiger partial charge in [0.25, 0.3) is 5.91 Å².